The van der Waals surface area contributed by atoms with Crippen LogP contribution in [0.4, 0.5) is 11.6 Å². The Bertz CT molecular complexity index is 1230. The molecule has 2 bridgehead atoms. The fraction of sp³-hybridized carbons (Fsp3) is 0.0952. The highest BCUT2D eigenvalue weighted by Gasteiger charge is 2.15. The van der Waals surface area contributed by atoms with Gasteiger partial charge >= 0.3 is 0 Å². The lowest BCUT2D eigenvalue weighted by Gasteiger charge is -2.02. The van der Waals surface area contributed by atoms with Gasteiger partial charge in [0, 0.05) is 42.4 Å². The predicted octanol–water partition coefficient (Wildman–Crippen LogP) is 3.51. The van der Waals surface area contributed by atoms with E-state index in [0.29, 0.717) is 17.5 Å². The molecule has 0 atom stereocenters. The summed E-state index contributed by atoms with van der Waals surface area (Å²) in [5.41, 5.74) is 5.21. The minimum absolute atomic E-state index is 0.456. The van der Waals surface area contributed by atoms with E-state index < -0.39 is 0 Å². The number of anilines is 2. The molecular weight excluding hydrogens is 366 g/mol. The molecule has 8 nitrogen and oxygen atoms in total. The number of hydrogen-bond acceptors (Lipinski definition) is 7. The van der Waals surface area contributed by atoms with Gasteiger partial charge in [0.25, 0.3) is 0 Å². The van der Waals surface area contributed by atoms with Crippen molar-refractivity contribution < 1.29 is 4.74 Å². The zero-order chi connectivity index (χ0) is 19.6. The second-order valence-corrected chi connectivity index (χ2v) is 6.51. The first-order valence-electron chi connectivity index (χ1n) is 9.09. The molecule has 8 heteroatoms. The van der Waals surface area contributed by atoms with E-state index in [1.54, 1.807) is 36.3 Å². The maximum Gasteiger partial charge on any atom is 0.247 e. The molecule has 0 fully saturated rings. The number of fused-ring (bicyclic) bond motifs is 3. The van der Waals surface area contributed by atoms with Crippen LogP contribution in [0.1, 0.15) is 12.1 Å². The SMILES string of the molecule is COc1ccc(Nc2nc3c(C4=CC5=CC=CC=C(C5)N=C4)nccn3n2)cn1. The van der Waals surface area contributed by atoms with Gasteiger partial charge in [-0.1, -0.05) is 18.2 Å². The molecule has 29 heavy (non-hydrogen) atoms. The van der Waals surface area contributed by atoms with E-state index in [-0.39, 0.29) is 0 Å². The van der Waals surface area contributed by atoms with Crippen LogP contribution >= 0.6 is 0 Å². The number of ether oxygens (including phenoxy) is 1. The molecule has 0 amide bonds. The van der Waals surface area contributed by atoms with Crippen molar-refractivity contribution in [1.29, 1.82) is 0 Å². The monoisotopic (exact) mass is 383 g/mol. The van der Waals surface area contributed by atoms with Crippen LogP contribution in [0.25, 0.3) is 11.2 Å². The Morgan fingerprint density at radius 2 is 2.07 bits per heavy atom. The first kappa shape index (κ1) is 17.1. The van der Waals surface area contributed by atoms with Crippen molar-refractivity contribution in [3.63, 3.8) is 0 Å². The van der Waals surface area contributed by atoms with Crippen molar-refractivity contribution >= 4 is 29.1 Å². The van der Waals surface area contributed by atoms with Crippen LogP contribution in [0.2, 0.25) is 0 Å². The number of aliphatic imine (C=N–C) groups is 1. The lowest BCUT2D eigenvalue weighted by molar-refractivity contribution is 0.398. The fourth-order valence-electron chi connectivity index (χ4n) is 3.16. The summed E-state index contributed by atoms with van der Waals surface area (Å²) in [7, 11) is 1.58. The molecule has 5 rings (SSSR count). The molecule has 0 saturated carbocycles. The Hall–Kier alpha value is -4.07. The van der Waals surface area contributed by atoms with Crippen molar-refractivity contribution in [3.8, 4) is 5.88 Å². The second kappa shape index (κ2) is 7.16. The summed E-state index contributed by atoms with van der Waals surface area (Å²) < 4.78 is 6.79. The van der Waals surface area contributed by atoms with E-state index in [1.807, 2.05) is 30.5 Å². The molecule has 3 aromatic rings. The predicted molar refractivity (Wildman–Crippen MR) is 111 cm³/mol. The molecule has 4 heterocycles. The number of aromatic nitrogens is 5. The number of pyridine rings is 1. The third kappa shape index (κ3) is 3.43. The number of nitrogens with zero attached hydrogens (tertiary/aromatic N) is 6. The Kier molecular flexibility index (Phi) is 4.21. The van der Waals surface area contributed by atoms with Gasteiger partial charge in [0.1, 0.15) is 5.69 Å². The van der Waals surface area contributed by atoms with Crippen molar-refractivity contribution in [1.82, 2.24) is 24.6 Å². The molecule has 0 spiro atoms. The van der Waals surface area contributed by atoms with Gasteiger partial charge in [0.2, 0.25) is 11.8 Å². The maximum absolute atomic E-state index is 5.08. The third-order valence-electron chi connectivity index (χ3n) is 4.54. The van der Waals surface area contributed by atoms with Crippen LogP contribution in [-0.4, -0.2) is 37.9 Å². The van der Waals surface area contributed by atoms with Crippen LogP contribution in [0.5, 0.6) is 5.88 Å². The van der Waals surface area contributed by atoms with E-state index in [0.717, 1.165) is 29.1 Å². The highest BCUT2D eigenvalue weighted by atomic mass is 16.5. The van der Waals surface area contributed by atoms with Gasteiger partial charge in [-0.25, -0.2) is 9.50 Å². The van der Waals surface area contributed by atoms with Crippen molar-refractivity contribution in [2.75, 3.05) is 12.4 Å². The minimum Gasteiger partial charge on any atom is -0.481 e. The largest absolute Gasteiger partial charge is 0.481 e. The summed E-state index contributed by atoms with van der Waals surface area (Å²) in [6, 6.07) is 3.63. The second-order valence-electron chi connectivity index (χ2n) is 6.51. The molecule has 0 unspecified atom stereocenters. The van der Waals surface area contributed by atoms with Gasteiger partial charge < -0.3 is 10.1 Å². The summed E-state index contributed by atoms with van der Waals surface area (Å²) in [4.78, 5) is 18.0. The van der Waals surface area contributed by atoms with Crippen molar-refractivity contribution in [2.24, 2.45) is 4.99 Å². The Labute approximate surface area is 166 Å². The molecular formula is C21H17N7O. The molecule has 1 aliphatic heterocycles. The standard InChI is InChI=1S/C21H17N7O/c1-29-18-7-6-17(13-24-18)25-21-26-20-19(22-8-9-28(20)27-21)15-10-14-4-2-3-5-16(11-14)23-12-15/h2-10,12-13H,11H2,1H3,(H,25,27). The van der Waals surface area contributed by atoms with Crippen LogP contribution in [-0.2, 0) is 0 Å². The van der Waals surface area contributed by atoms with Crippen molar-refractivity contribution in [2.45, 2.75) is 6.42 Å². The Morgan fingerprint density at radius 3 is 2.93 bits per heavy atom. The maximum atomic E-state index is 5.08. The molecule has 0 aromatic carbocycles. The first-order valence-corrected chi connectivity index (χ1v) is 9.09. The number of methoxy groups -OCH3 is 1. The number of nitrogens with one attached hydrogen (secondary N) is 1. The van der Waals surface area contributed by atoms with Crippen molar-refractivity contribution in [3.05, 3.63) is 78.1 Å². The van der Waals surface area contributed by atoms with Gasteiger partial charge in [-0.2, -0.15) is 4.98 Å². The fourth-order valence-corrected chi connectivity index (χ4v) is 3.16. The van der Waals surface area contributed by atoms with Gasteiger partial charge in [0.05, 0.1) is 19.0 Å². The molecule has 0 saturated heterocycles. The highest BCUT2D eigenvalue weighted by Crippen LogP contribution is 2.26. The first-order chi connectivity index (χ1) is 14.3. The van der Waals surface area contributed by atoms with Gasteiger partial charge in [-0.05, 0) is 23.8 Å². The summed E-state index contributed by atoms with van der Waals surface area (Å²) >= 11 is 0. The zero-order valence-corrected chi connectivity index (χ0v) is 15.6. The molecule has 3 aromatic heterocycles. The summed E-state index contributed by atoms with van der Waals surface area (Å²) in [5, 5.41) is 7.66. The highest BCUT2D eigenvalue weighted by molar-refractivity contribution is 6.12. The number of hydrogen-bond donors (Lipinski definition) is 1. The van der Waals surface area contributed by atoms with E-state index in [2.05, 4.69) is 42.5 Å². The van der Waals surface area contributed by atoms with Gasteiger partial charge in [-0.15, -0.1) is 5.10 Å². The molecule has 0 radical (unpaired) electrons. The van der Waals surface area contributed by atoms with E-state index >= 15 is 0 Å². The van der Waals surface area contributed by atoms with E-state index in [9.17, 15) is 0 Å². The zero-order valence-electron chi connectivity index (χ0n) is 15.6. The van der Waals surface area contributed by atoms with Crippen LogP contribution in [0.3, 0.4) is 0 Å². The van der Waals surface area contributed by atoms with Crippen LogP contribution in [0, 0.1) is 0 Å². The topological polar surface area (TPSA) is 89.6 Å². The number of allylic oxidation sites excluding steroid dienone is 7. The third-order valence-corrected chi connectivity index (χ3v) is 4.54. The molecule has 2 aliphatic rings. The summed E-state index contributed by atoms with van der Waals surface area (Å²) in [6.07, 6.45) is 18.0. The van der Waals surface area contributed by atoms with E-state index in [1.165, 1.54) is 5.57 Å². The van der Waals surface area contributed by atoms with Gasteiger partial charge in [0.15, 0.2) is 5.65 Å². The Morgan fingerprint density at radius 1 is 1.14 bits per heavy atom. The quantitative estimate of drug-likeness (QED) is 0.742. The Balaban J connectivity index is 1.52. The normalized spacial score (nSPS) is 15.3. The van der Waals surface area contributed by atoms with Crippen LogP contribution < -0.4 is 10.1 Å². The average Bonchev–Trinajstić information content (AvgIpc) is 2.90. The smallest absolute Gasteiger partial charge is 0.247 e. The minimum atomic E-state index is 0.456. The molecule has 1 N–H and O–H groups in total. The molecule has 1 aliphatic carbocycles. The number of rotatable bonds is 4. The molecule has 142 valence electrons. The lowest BCUT2D eigenvalue weighted by atomic mass is 10.1. The summed E-state index contributed by atoms with van der Waals surface area (Å²) in [6.45, 7) is 0. The lowest BCUT2D eigenvalue weighted by Crippen LogP contribution is -1.97. The average molecular weight is 383 g/mol. The van der Waals surface area contributed by atoms with Gasteiger partial charge in [-0.3, -0.25) is 9.98 Å². The summed E-state index contributed by atoms with van der Waals surface area (Å²) in [5.74, 6) is 1.00. The van der Waals surface area contributed by atoms with E-state index in [4.69, 9.17) is 4.74 Å². The van der Waals surface area contributed by atoms with Crippen LogP contribution in [0.15, 0.2) is 77.4 Å².